The van der Waals surface area contributed by atoms with Crippen molar-refractivity contribution in [2.45, 2.75) is 31.1 Å². The number of sulfone groups is 1. The molecule has 0 saturated carbocycles. The second-order valence-electron chi connectivity index (χ2n) is 7.62. The molecule has 0 amide bonds. The van der Waals surface area contributed by atoms with E-state index < -0.39 is 15.3 Å². The quantitative estimate of drug-likeness (QED) is 0.328. The first kappa shape index (κ1) is 24.7. The van der Waals surface area contributed by atoms with Gasteiger partial charge in [0.25, 0.3) is 0 Å². The van der Waals surface area contributed by atoms with Crippen molar-refractivity contribution >= 4 is 44.6 Å². The Kier molecular flexibility index (Phi) is 7.65. The predicted octanol–water partition coefficient (Wildman–Crippen LogP) is 5.91. The van der Waals surface area contributed by atoms with Crippen LogP contribution in [0.2, 0.25) is 10.0 Å². The lowest BCUT2D eigenvalue weighted by Gasteiger charge is -2.27. The van der Waals surface area contributed by atoms with Crippen LogP contribution in [-0.2, 0) is 21.9 Å². The molecule has 1 heterocycles. The van der Waals surface area contributed by atoms with Crippen LogP contribution in [0.25, 0.3) is 0 Å². The summed E-state index contributed by atoms with van der Waals surface area (Å²) in [6.45, 7) is 4.52. The fourth-order valence-corrected chi connectivity index (χ4v) is 4.20. The number of aromatic nitrogens is 1. The van der Waals surface area contributed by atoms with Gasteiger partial charge in [-0.1, -0.05) is 49.2 Å². The Labute approximate surface area is 202 Å². The molecule has 0 unspecified atom stereocenters. The van der Waals surface area contributed by atoms with Gasteiger partial charge >= 0.3 is 5.22 Å². The SMILES string of the molecule is CC(C)(c1ccc(OCc2coc(S(C)(=O)=O)n2)cc1)c1cc(Cl)c(OCCCl)c(Cl)c1. The van der Waals surface area contributed by atoms with Crippen molar-refractivity contribution in [3.8, 4) is 11.5 Å². The molecule has 32 heavy (non-hydrogen) atoms. The fraction of sp³-hybridized carbons (Fsp3) is 0.318. The van der Waals surface area contributed by atoms with E-state index in [0.29, 0.717) is 39.7 Å². The van der Waals surface area contributed by atoms with Gasteiger partial charge in [0.2, 0.25) is 9.84 Å². The number of hydrogen-bond donors (Lipinski definition) is 0. The largest absolute Gasteiger partial charge is 0.489 e. The van der Waals surface area contributed by atoms with E-state index in [2.05, 4.69) is 18.8 Å². The van der Waals surface area contributed by atoms with Gasteiger partial charge in [-0.05, 0) is 35.4 Å². The van der Waals surface area contributed by atoms with E-state index in [9.17, 15) is 8.42 Å². The minimum absolute atomic E-state index is 0.0801. The topological polar surface area (TPSA) is 78.6 Å². The standard InChI is InChI=1S/C22H22Cl3NO5S/c1-22(2,15-10-18(24)20(19(25)11-15)29-9-8-23)14-4-6-17(7-5-14)30-12-16-13-31-21(26-16)32(3,27)28/h4-7,10-11,13H,8-9,12H2,1-3H3. The van der Waals surface area contributed by atoms with Gasteiger partial charge in [-0.25, -0.2) is 13.4 Å². The van der Waals surface area contributed by atoms with E-state index >= 15 is 0 Å². The summed E-state index contributed by atoms with van der Waals surface area (Å²) in [5.74, 6) is 1.36. The molecule has 0 atom stereocenters. The zero-order chi connectivity index (χ0) is 23.5. The maximum atomic E-state index is 11.5. The molecule has 0 aliphatic rings. The summed E-state index contributed by atoms with van der Waals surface area (Å²) >= 11 is 18.5. The third-order valence-electron chi connectivity index (χ3n) is 4.85. The highest BCUT2D eigenvalue weighted by Crippen LogP contribution is 2.40. The van der Waals surface area contributed by atoms with Gasteiger partial charge in [0.1, 0.15) is 30.9 Å². The van der Waals surface area contributed by atoms with Crippen molar-refractivity contribution in [1.82, 2.24) is 4.98 Å². The third kappa shape index (κ3) is 5.70. The molecule has 0 radical (unpaired) electrons. The van der Waals surface area contributed by atoms with Gasteiger partial charge in [0, 0.05) is 11.7 Å². The van der Waals surface area contributed by atoms with Gasteiger partial charge in [-0.2, -0.15) is 0 Å². The lowest BCUT2D eigenvalue weighted by Crippen LogP contribution is -2.19. The zero-order valence-electron chi connectivity index (χ0n) is 17.7. The van der Waals surface area contributed by atoms with Crippen LogP contribution in [0.5, 0.6) is 11.5 Å². The Balaban J connectivity index is 1.74. The van der Waals surface area contributed by atoms with Crippen LogP contribution in [0.3, 0.4) is 0 Å². The first-order chi connectivity index (χ1) is 15.0. The minimum Gasteiger partial charge on any atom is -0.489 e. The van der Waals surface area contributed by atoms with E-state index in [1.54, 1.807) is 0 Å². The highest BCUT2D eigenvalue weighted by Gasteiger charge is 2.26. The minimum atomic E-state index is -3.49. The van der Waals surface area contributed by atoms with Crippen molar-refractivity contribution in [2.24, 2.45) is 0 Å². The third-order valence-corrected chi connectivity index (χ3v) is 6.39. The van der Waals surface area contributed by atoms with E-state index in [0.717, 1.165) is 17.4 Å². The van der Waals surface area contributed by atoms with Crippen LogP contribution in [0.1, 0.15) is 30.7 Å². The van der Waals surface area contributed by atoms with Crippen molar-refractivity contribution < 1.29 is 22.3 Å². The highest BCUT2D eigenvalue weighted by molar-refractivity contribution is 7.90. The van der Waals surface area contributed by atoms with Crippen LogP contribution in [0.15, 0.2) is 52.3 Å². The number of halogens is 3. The van der Waals surface area contributed by atoms with Crippen molar-refractivity contribution in [1.29, 1.82) is 0 Å². The summed E-state index contributed by atoms with van der Waals surface area (Å²) in [5, 5.41) is 0.517. The van der Waals surface area contributed by atoms with Crippen LogP contribution in [0.4, 0.5) is 0 Å². The summed E-state index contributed by atoms with van der Waals surface area (Å²) in [7, 11) is -3.49. The average Bonchev–Trinajstić information content (AvgIpc) is 3.21. The molecule has 0 aliphatic carbocycles. The van der Waals surface area contributed by atoms with Crippen molar-refractivity contribution in [2.75, 3.05) is 18.7 Å². The second-order valence-corrected chi connectivity index (χ2v) is 10.7. The maximum Gasteiger partial charge on any atom is 0.314 e. The first-order valence-corrected chi connectivity index (χ1v) is 12.8. The molecule has 6 nitrogen and oxygen atoms in total. The van der Waals surface area contributed by atoms with Gasteiger partial charge in [-0.3, -0.25) is 0 Å². The average molecular weight is 519 g/mol. The van der Waals surface area contributed by atoms with E-state index in [4.69, 9.17) is 48.7 Å². The lowest BCUT2D eigenvalue weighted by atomic mass is 9.78. The van der Waals surface area contributed by atoms with Gasteiger partial charge in [0.05, 0.1) is 15.9 Å². The molecule has 3 aromatic rings. The number of ether oxygens (including phenoxy) is 2. The van der Waals surface area contributed by atoms with Gasteiger partial charge in [0.15, 0.2) is 5.75 Å². The molecule has 0 saturated heterocycles. The number of hydrogen-bond acceptors (Lipinski definition) is 6. The maximum absolute atomic E-state index is 11.5. The Hall–Kier alpha value is -1.93. The molecule has 0 spiro atoms. The van der Waals surface area contributed by atoms with Crippen molar-refractivity contribution in [3.05, 3.63) is 69.5 Å². The van der Waals surface area contributed by atoms with E-state index in [-0.39, 0.29) is 11.8 Å². The number of rotatable bonds is 9. The lowest BCUT2D eigenvalue weighted by molar-refractivity contribution is 0.301. The monoisotopic (exact) mass is 517 g/mol. The molecule has 0 N–H and O–H groups in total. The van der Waals surface area contributed by atoms with Crippen LogP contribution >= 0.6 is 34.8 Å². The summed E-state index contributed by atoms with van der Waals surface area (Å²) < 4.78 is 39.1. The summed E-state index contributed by atoms with van der Waals surface area (Å²) in [6, 6.07) is 11.2. The number of alkyl halides is 1. The zero-order valence-corrected chi connectivity index (χ0v) is 20.8. The Morgan fingerprint density at radius 2 is 1.66 bits per heavy atom. The highest BCUT2D eigenvalue weighted by atomic mass is 35.5. The van der Waals surface area contributed by atoms with Gasteiger partial charge in [-0.15, -0.1) is 11.6 Å². The van der Waals surface area contributed by atoms with Crippen LogP contribution in [-0.4, -0.2) is 32.1 Å². The first-order valence-electron chi connectivity index (χ1n) is 9.58. The summed E-state index contributed by atoms with van der Waals surface area (Å²) in [5.41, 5.74) is 1.94. The number of benzene rings is 2. The molecule has 1 aromatic heterocycles. The van der Waals surface area contributed by atoms with Crippen LogP contribution < -0.4 is 9.47 Å². The van der Waals surface area contributed by atoms with Crippen molar-refractivity contribution in [3.63, 3.8) is 0 Å². The summed E-state index contributed by atoms with van der Waals surface area (Å²) in [4.78, 5) is 3.91. The molecule has 0 bridgehead atoms. The predicted molar refractivity (Wildman–Crippen MR) is 125 cm³/mol. The molecule has 2 aromatic carbocycles. The van der Waals surface area contributed by atoms with Gasteiger partial charge < -0.3 is 13.9 Å². The molecule has 172 valence electrons. The molecule has 0 aliphatic heterocycles. The number of oxazole rings is 1. The number of nitrogens with zero attached hydrogens (tertiary/aromatic N) is 1. The summed E-state index contributed by atoms with van der Waals surface area (Å²) in [6.07, 6.45) is 2.30. The molecule has 0 fully saturated rings. The molecular weight excluding hydrogens is 497 g/mol. The van der Waals surface area contributed by atoms with Crippen LogP contribution in [0, 0.1) is 0 Å². The fourth-order valence-electron chi connectivity index (χ4n) is 3.02. The Morgan fingerprint density at radius 1 is 1.03 bits per heavy atom. The second kappa shape index (κ2) is 9.91. The smallest absolute Gasteiger partial charge is 0.314 e. The molecule has 10 heteroatoms. The Morgan fingerprint density at radius 3 is 2.19 bits per heavy atom. The Bertz CT molecular complexity index is 1170. The van der Waals surface area contributed by atoms with E-state index in [1.165, 1.54) is 6.26 Å². The molecular formula is C22H22Cl3NO5S. The molecule has 3 rings (SSSR count). The van der Waals surface area contributed by atoms with E-state index in [1.807, 2.05) is 36.4 Å². The normalized spacial score (nSPS) is 12.1.